The van der Waals surface area contributed by atoms with Crippen LogP contribution >= 0.6 is 0 Å². The molecule has 0 aliphatic heterocycles. The molecule has 2 aromatic rings. The number of nitrogens with one attached hydrogen (secondary N) is 1. The third-order valence-corrected chi connectivity index (χ3v) is 3.30. The molecule has 1 aliphatic rings. The second-order valence-corrected chi connectivity index (χ2v) is 4.69. The summed E-state index contributed by atoms with van der Waals surface area (Å²) in [4.78, 5) is 0. The molecule has 2 aromatic heterocycles. The summed E-state index contributed by atoms with van der Waals surface area (Å²) >= 11 is 0. The molecule has 1 saturated carbocycles. The van der Waals surface area contributed by atoms with E-state index < -0.39 is 0 Å². The number of hydrogen-bond acceptors (Lipinski definition) is 3. The number of hydrogen-bond donors (Lipinski definition) is 1. The summed E-state index contributed by atoms with van der Waals surface area (Å²) in [5.74, 6) is 1.90. The van der Waals surface area contributed by atoms with Crippen LogP contribution in [0.2, 0.25) is 0 Å². The summed E-state index contributed by atoms with van der Waals surface area (Å²) in [6, 6.07) is 4.77. The fourth-order valence-electron chi connectivity index (χ4n) is 1.89. The van der Waals surface area contributed by atoms with Gasteiger partial charge in [-0.3, -0.25) is 4.68 Å². The van der Waals surface area contributed by atoms with Crippen molar-refractivity contribution in [2.75, 3.05) is 0 Å². The van der Waals surface area contributed by atoms with Crippen molar-refractivity contribution in [2.24, 2.45) is 7.05 Å². The first-order valence-corrected chi connectivity index (χ1v) is 6.05. The van der Waals surface area contributed by atoms with Gasteiger partial charge in [-0.1, -0.05) is 0 Å². The Morgan fingerprint density at radius 3 is 2.94 bits per heavy atom. The van der Waals surface area contributed by atoms with E-state index in [1.54, 1.807) is 0 Å². The van der Waals surface area contributed by atoms with Crippen molar-refractivity contribution in [3.63, 3.8) is 0 Å². The molecular weight excluding hydrogens is 214 g/mol. The first kappa shape index (κ1) is 10.6. The third kappa shape index (κ3) is 2.13. The predicted molar refractivity (Wildman–Crippen MR) is 65.5 cm³/mol. The largest absolute Gasteiger partial charge is 0.460 e. The Bertz CT molecular complexity index is 523. The van der Waals surface area contributed by atoms with Crippen LogP contribution in [0, 0.1) is 6.92 Å². The molecule has 0 unspecified atom stereocenters. The average molecular weight is 231 g/mol. The number of furan rings is 1. The van der Waals surface area contributed by atoms with Gasteiger partial charge in [0.2, 0.25) is 0 Å². The van der Waals surface area contributed by atoms with E-state index in [9.17, 15) is 0 Å². The zero-order valence-corrected chi connectivity index (χ0v) is 10.2. The van der Waals surface area contributed by atoms with Crippen molar-refractivity contribution >= 4 is 0 Å². The molecule has 3 rings (SSSR count). The molecule has 90 valence electrons. The summed E-state index contributed by atoms with van der Waals surface area (Å²) in [6.45, 7) is 2.87. The van der Waals surface area contributed by atoms with Crippen LogP contribution < -0.4 is 5.32 Å². The van der Waals surface area contributed by atoms with E-state index in [0.717, 1.165) is 29.3 Å². The van der Waals surface area contributed by atoms with Crippen LogP contribution in [0.3, 0.4) is 0 Å². The minimum absolute atomic E-state index is 0.712. The highest BCUT2D eigenvalue weighted by Gasteiger charge is 2.20. The molecule has 1 N–H and O–H groups in total. The molecule has 2 heterocycles. The van der Waals surface area contributed by atoms with Gasteiger partial charge in [0.05, 0.1) is 18.3 Å². The Hall–Kier alpha value is -1.55. The summed E-state index contributed by atoms with van der Waals surface area (Å²) in [5, 5.41) is 7.67. The van der Waals surface area contributed by atoms with Crippen molar-refractivity contribution in [1.29, 1.82) is 0 Å². The zero-order valence-electron chi connectivity index (χ0n) is 10.2. The van der Waals surface area contributed by atoms with Crippen LogP contribution in [0.25, 0.3) is 11.3 Å². The second kappa shape index (κ2) is 4.04. The van der Waals surface area contributed by atoms with Crippen molar-refractivity contribution in [3.8, 4) is 11.3 Å². The van der Waals surface area contributed by atoms with E-state index in [-0.39, 0.29) is 0 Å². The van der Waals surface area contributed by atoms with Crippen molar-refractivity contribution in [3.05, 3.63) is 29.8 Å². The fraction of sp³-hybridized carbons (Fsp3) is 0.462. The minimum atomic E-state index is 0.712. The Balaban J connectivity index is 1.76. The zero-order chi connectivity index (χ0) is 11.8. The number of aryl methyl sites for hydroxylation is 1. The van der Waals surface area contributed by atoms with Crippen LogP contribution in [0.15, 0.2) is 22.7 Å². The molecule has 0 saturated heterocycles. The van der Waals surface area contributed by atoms with Crippen molar-refractivity contribution < 1.29 is 4.42 Å². The van der Waals surface area contributed by atoms with Crippen LogP contribution in [0.1, 0.15) is 24.3 Å². The maximum atomic E-state index is 5.83. The van der Waals surface area contributed by atoms with E-state index in [2.05, 4.69) is 10.4 Å². The second-order valence-electron chi connectivity index (χ2n) is 4.69. The highest BCUT2D eigenvalue weighted by molar-refractivity contribution is 5.59. The van der Waals surface area contributed by atoms with E-state index in [1.165, 1.54) is 12.8 Å². The normalized spacial score (nSPS) is 15.4. The van der Waals surface area contributed by atoms with Gasteiger partial charge in [-0.05, 0) is 31.9 Å². The highest BCUT2D eigenvalue weighted by atomic mass is 16.3. The van der Waals surface area contributed by atoms with Gasteiger partial charge in [0.15, 0.2) is 0 Å². The van der Waals surface area contributed by atoms with E-state index in [4.69, 9.17) is 4.42 Å². The summed E-state index contributed by atoms with van der Waals surface area (Å²) in [7, 11) is 1.94. The lowest BCUT2D eigenvalue weighted by atomic mass is 10.2. The van der Waals surface area contributed by atoms with Crippen LogP contribution in [0.4, 0.5) is 0 Å². The lowest BCUT2D eigenvalue weighted by molar-refractivity contribution is 0.492. The highest BCUT2D eigenvalue weighted by Crippen LogP contribution is 2.25. The fourth-order valence-corrected chi connectivity index (χ4v) is 1.89. The molecular formula is C13H17N3O. The average Bonchev–Trinajstić information content (AvgIpc) is 2.95. The lowest BCUT2D eigenvalue weighted by Gasteiger charge is -1.99. The molecule has 0 radical (unpaired) electrons. The first-order chi connectivity index (χ1) is 8.24. The van der Waals surface area contributed by atoms with Gasteiger partial charge < -0.3 is 9.73 Å². The monoisotopic (exact) mass is 231 g/mol. The standard InChI is InChI=1S/C13H17N3O/c1-9-12(8-15-16(9)2)13-6-5-11(17-13)7-14-10-3-4-10/h5-6,8,10,14H,3-4,7H2,1-2H3. The van der Waals surface area contributed by atoms with Crippen LogP contribution in [-0.4, -0.2) is 15.8 Å². The smallest absolute Gasteiger partial charge is 0.137 e. The molecule has 4 heteroatoms. The van der Waals surface area contributed by atoms with Gasteiger partial charge in [-0.15, -0.1) is 0 Å². The van der Waals surface area contributed by atoms with E-state index >= 15 is 0 Å². The van der Waals surface area contributed by atoms with Gasteiger partial charge >= 0.3 is 0 Å². The minimum Gasteiger partial charge on any atom is -0.460 e. The third-order valence-electron chi connectivity index (χ3n) is 3.30. The maximum Gasteiger partial charge on any atom is 0.137 e. The van der Waals surface area contributed by atoms with Gasteiger partial charge in [0.25, 0.3) is 0 Å². The summed E-state index contributed by atoms with van der Waals surface area (Å²) < 4.78 is 7.69. The molecule has 0 spiro atoms. The number of aromatic nitrogens is 2. The van der Waals surface area contributed by atoms with Gasteiger partial charge in [-0.2, -0.15) is 5.10 Å². The topological polar surface area (TPSA) is 43.0 Å². The Morgan fingerprint density at radius 2 is 2.29 bits per heavy atom. The molecule has 1 fully saturated rings. The maximum absolute atomic E-state index is 5.83. The van der Waals surface area contributed by atoms with Gasteiger partial charge in [0.1, 0.15) is 11.5 Å². The summed E-state index contributed by atoms with van der Waals surface area (Å²) in [6.07, 6.45) is 4.46. The number of rotatable bonds is 4. The van der Waals surface area contributed by atoms with Gasteiger partial charge in [0, 0.05) is 18.8 Å². The molecule has 0 aromatic carbocycles. The van der Waals surface area contributed by atoms with E-state index in [1.807, 2.05) is 37.0 Å². The molecule has 1 aliphatic carbocycles. The van der Waals surface area contributed by atoms with Crippen molar-refractivity contribution in [2.45, 2.75) is 32.4 Å². The Labute approximate surface area is 101 Å². The Morgan fingerprint density at radius 1 is 1.47 bits per heavy atom. The lowest BCUT2D eigenvalue weighted by Crippen LogP contribution is -2.14. The molecule has 0 amide bonds. The van der Waals surface area contributed by atoms with E-state index in [0.29, 0.717) is 6.04 Å². The molecule has 0 bridgehead atoms. The first-order valence-electron chi connectivity index (χ1n) is 6.05. The number of nitrogens with zero attached hydrogens (tertiary/aromatic N) is 2. The van der Waals surface area contributed by atoms with Crippen molar-refractivity contribution in [1.82, 2.24) is 15.1 Å². The Kier molecular flexibility index (Phi) is 2.52. The quantitative estimate of drug-likeness (QED) is 0.877. The van der Waals surface area contributed by atoms with Crippen LogP contribution in [0.5, 0.6) is 0 Å². The molecule has 4 nitrogen and oxygen atoms in total. The summed E-state index contributed by atoms with van der Waals surface area (Å²) in [5.41, 5.74) is 2.20. The molecule has 17 heavy (non-hydrogen) atoms. The predicted octanol–water partition coefficient (Wildman–Crippen LogP) is 2.24. The van der Waals surface area contributed by atoms with Gasteiger partial charge in [-0.25, -0.2) is 0 Å². The van der Waals surface area contributed by atoms with Crippen LogP contribution in [-0.2, 0) is 13.6 Å². The molecule has 0 atom stereocenters. The SMILES string of the molecule is Cc1c(-c2ccc(CNC3CC3)o2)cnn1C.